The van der Waals surface area contributed by atoms with Gasteiger partial charge in [0.25, 0.3) is 0 Å². The van der Waals surface area contributed by atoms with Crippen LogP contribution in [0.5, 0.6) is 0 Å². The molecule has 6 heteroatoms. The number of ether oxygens (including phenoxy) is 2. The second-order valence-corrected chi connectivity index (χ2v) is 7.48. The summed E-state index contributed by atoms with van der Waals surface area (Å²) in [6.07, 6.45) is 5.41. The minimum Gasteiger partial charge on any atom is -0.381 e. The quantitative estimate of drug-likeness (QED) is 0.917. The third-order valence-corrected chi connectivity index (χ3v) is 5.99. The normalized spacial score (nSPS) is 33.3. The number of anilines is 1. The van der Waals surface area contributed by atoms with Crippen LogP contribution in [0.1, 0.15) is 37.7 Å². The average molecular weight is 328 g/mol. The number of aromatic nitrogens is 3. The Labute approximate surface area is 141 Å². The molecule has 0 radical (unpaired) electrons. The van der Waals surface area contributed by atoms with Crippen molar-refractivity contribution in [3.05, 3.63) is 17.8 Å². The topological polar surface area (TPSA) is 63.3 Å². The first-order valence-electron chi connectivity index (χ1n) is 9.09. The first-order valence-corrected chi connectivity index (χ1v) is 9.09. The highest BCUT2D eigenvalue weighted by Crippen LogP contribution is 2.39. The van der Waals surface area contributed by atoms with E-state index in [0.717, 1.165) is 49.7 Å². The minimum absolute atomic E-state index is 0.469. The Bertz CT molecular complexity index is 730. The summed E-state index contributed by atoms with van der Waals surface area (Å²) in [4.78, 5) is 7.40. The Morgan fingerprint density at radius 3 is 2.75 bits per heavy atom. The number of nitrogens with one attached hydrogen (secondary N) is 1. The molecule has 0 aromatic carbocycles. The summed E-state index contributed by atoms with van der Waals surface area (Å²) in [6.45, 7) is 5.61. The van der Waals surface area contributed by atoms with Gasteiger partial charge in [-0.1, -0.05) is 6.92 Å². The third-order valence-electron chi connectivity index (χ3n) is 5.99. The third kappa shape index (κ3) is 2.24. The number of morpholine rings is 1. The van der Waals surface area contributed by atoms with Gasteiger partial charge in [-0.25, -0.2) is 4.98 Å². The zero-order valence-corrected chi connectivity index (χ0v) is 14.1. The van der Waals surface area contributed by atoms with Crippen molar-refractivity contribution < 1.29 is 9.47 Å². The van der Waals surface area contributed by atoms with Crippen LogP contribution in [0.15, 0.2) is 12.3 Å². The largest absolute Gasteiger partial charge is 0.381 e. The molecule has 3 saturated heterocycles. The van der Waals surface area contributed by atoms with E-state index in [1.165, 1.54) is 18.4 Å². The number of rotatable bonds is 2. The maximum absolute atomic E-state index is 5.74. The molecule has 0 saturated carbocycles. The summed E-state index contributed by atoms with van der Waals surface area (Å²) in [6, 6.07) is 3.26. The molecule has 0 aliphatic carbocycles. The van der Waals surface area contributed by atoms with Crippen LogP contribution < -0.4 is 4.90 Å². The Hall–Kier alpha value is -1.66. The van der Waals surface area contributed by atoms with Crippen LogP contribution in [-0.4, -0.2) is 53.7 Å². The van der Waals surface area contributed by atoms with Gasteiger partial charge in [0.15, 0.2) is 5.65 Å². The van der Waals surface area contributed by atoms with E-state index in [0.29, 0.717) is 23.9 Å². The van der Waals surface area contributed by atoms with Crippen molar-refractivity contribution >= 4 is 16.9 Å². The van der Waals surface area contributed by atoms with Crippen LogP contribution in [0.2, 0.25) is 0 Å². The van der Waals surface area contributed by atoms with Crippen LogP contribution >= 0.6 is 0 Å². The van der Waals surface area contributed by atoms with Gasteiger partial charge in [-0.15, -0.1) is 0 Å². The van der Waals surface area contributed by atoms with E-state index in [4.69, 9.17) is 14.5 Å². The van der Waals surface area contributed by atoms with E-state index in [9.17, 15) is 0 Å². The van der Waals surface area contributed by atoms with Crippen molar-refractivity contribution in [1.29, 1.82) is 0 Å². The van der Waals surface area contributed by atoms with Crippen LogP contribution in [0.25, 0.3) is 11.0 Å². The number of H-pyrrole nitrogens is 1. The molecule has 2 aromatic heterocycles. The van der Waals surface area contributed by atoms with Gasteiger partial charge in [0, 0.05) is 18.6 Å². The molecule has 128 valence electrons. The number of aromatic amines is 1. The fourth-order valence-electron chi connectivity index (χ4n) is 4.72. The zero-order chi connectivity index (χ0) is 16.1. The van der Waals surface area contributed by atoms with Crippen molar-refractivity contribution in [3.63, 3.8) is 0 Å². The molecule has 24 heavy (non-hydrogen) atoms. The van der Waals surface area contributed by atoms with E-state index >= 15 is 0 Å². The van der Waals surface area contributed by atoms with Crippen molar-refractivity contribution in [2.45, 2.75) is 44.2 Å². The zero-order valence-electron chi connectivity index (χ0n) is 14.1. The molecule has 5 heterocycles. The van der Waals surface area contributed by atoms with Gasteiger partial charge in [0.1, 0.15) is 5.82 Å². The first-order chi connectivity index (χ1) is 11.8. The van der Waals surface area contributed by atoms with Crippen molar-refractivity contribution in [3.8, 4) is 0 Å². The van der Waals surface area contributed by atoms with Crippen molar-refractivity contribution in [1.82, 2.24) is 15.2 Å². The molecular formula is C18H24N4O2. The highest BCUT2D eigenvalue weighted by atomic mass is 16.5. The van der Waals surface area contributed by atoms with Crippen molar-refractivity contribution in [2.75, 3.05) is 31.3 Å². The number of pyridine rings is 1. The van der Waals surface area contributed by atoms with Gasteiger partial charge in [-0.05, 0) is 42.7 Å². The highest BCUT2D eigenvalue weighted by molar-refractivity contribution is 5.81. The maximum atomic E-state index is 5.74. The fourth-order valence-corrected chi connectivity index (χ4v) is 4.72. The molecule has 0 amide bonds. The molecule has 0 spiro atoms. The Morgan fingerprint density at radius 1 is 1.12 bits per heavy atom. The van der Waals surface area contributed by atoms with Gasteiger partial charge in [0.2, 0.25) is 0 Å². The standard InChI is InChI=1S/C18H24N4O2/c1-11-8-23-5-4-14(11)15-6-17(20-18-16(15)7-19-21-18)22-12-2-3-13(22)10-24-9-12/h6-7,11-14H,2-5,8-10H2,1H3,(H,19,20,21). The summed E-state index contributed by atoms with van der Waals surface area (Å²) in [5.41, 5.74) is 2.29. The van der Waals surface area contributed by atoms with Crippen LogP contribution in [0.4, 0.5) is 5.82 Å². The highest BCUT2D eigenvalue weighted by Gasteiger charge is 2.39. The van der Waals surface area contributed by atoms with E-state index in [1.807, 2.05) is 6.20 Å². The van der Waals surface area contributed by atoms with Crippen LogP contribution in [0.3, 0.4) is 0 Å². The predicted octanol–water partition coefficient (Wildman–Crippen LogP) is 2.47. The molecule has 6 nitrogen and oxygen atoms in total. The average Bonchev–Trinajstić information content (AvgIpc) is 3.16. The molecule has 3 aliphatic rings. The molecular weight excluding hydrogens is 304 g/mol. The summed E-state index contributed by atoms with van der Waals surface area (Å²) in [7, 11) is 0. The van der Waals surface area contributed by atoms with E-state index in [-0.39, 0.29) is 0 Å². The lowest BCUT2D eigenvalue weighted by Crippen LogP contribution is -2.46. The maximum Gasteiger partial charge on any atom is 0.157 e. The predicted molar refractivity (Wildman–Crippen MR) is 91.3 cm³/mol. The first kappa shape index (κ1) is 14.7. The molecule has 1 N–H and O–H groups in total. The monoisotopic (exact) mass is 328 g/mol. The van der Waals surface area contributed by atoms with Crippen LogP contribution in [-0.2, 0) is 9.47 Å². The van der Waals surface area contributed by atoms with E-state index < -0.39 is 0 Å². The van der Waals surface area contributed by atoms with Crippen molar-refractivity contribution in [2.24, 2.45) is 5.92 Å². The summed E-state index contributed by atoms with van der Waals surface area (Å²) >= 11 is 0. The Kier molecular flexibility index (Phi) is 3.49. The Balaban J connectivity index is 1.60. The molecule has 2 bridgehead atoms. The molecule has 3 fully saturated rings. The van der Waals surface area contributed by atoms with Gasteiger partial charge >= 0.3 is 0 Å². The molecule has 4 unspecified atom stereocenters. The molecule has 4 atom stereocenters. The number of hydrogen-bond donors (Lipinski definition) is 1. The SMILES string of the molecule is CC1COCCC1c1cc(N2C3CCC2COC3)nc2[nH]ncc12. The van der Waals surface area contributed by atoms with Crippen LogP contribution in [0, 0.1) is 5.92 Å². The lowest BCUT2D eigenvalue weighted by Gasteiger charge is -2.36. The van der Waals surface area contributed by atoms with E-state index in [1.54, 1.807) is 0 Å². The summed E-state index contributed by atoms with van der Waals surface area (Å²) < 4.78 is 11.4. The lowest BCUT2D eigenvalue weighted by molar-refractivity contribution is 0.0476. The van der Waals surface area contributed by atoms with Gasteiger partial charge in [-0.2, -0.15) is 5.10 Å². The fraction of sp³-hybridized carbons (Fsp3) is 0.667. The Morgan fingerprint density at radius 2 is 1.96 bits per heavy atom. The summed E-state index contributed by atoms with van der Waals surface area (Å²) in [5.74, 6) is 2.13. The number of fused-ring (bicyclic) bond motifs is 3. The van der Waals surface area contributed by atoms with E-state index in [2.05, 4.69) is 28.1 Å². The minimum atomic E-state index is 0.469. The molecule has 5 rings (SSSR count). The van der Waals surface area contributed by atoms with Gasteiger partial charge < -0.3 is 14.4 Å². The molecule has 2 aromatic rings. The second-order valence-electron chi connectivity index (χ2n) is 7.48. The van der Waals surface area contributed by atoms with Gasteiger partial charge in [-0.3, -0.25) is 5.10 Å². The molecule has 3 aliphatic heterocycles. The number of hydrogen-bond acceptors (Lipinski definition) is 5. The summed E-state index contributed by atoms with van der Waals surface area (Å²) in [5, 5.41) is 8.52. The lowest BCUT2D eigenvalue weighted by atomic mass is 9.83. The smallest absolute Gasteiger partial charge is 0.157 e. The number of nitrogens with zero attached hydrogens (tertiary/aromatic N) is 3. The second kappa shape index (κ2) is 5.70. The van der Waals surface area contributed by atoms with Gasteiger partial charge in [0.05, 0.1) is 31.5 Å².